The maximum atomic E-state index is 15.6. The van der Waals surface area contributed by atoms with E-state index >= 15 is 19.2 Å². The fraction of sp³-hybridized carbons (Fsp3) is 0.242. The molecule has 0 bridgehead atoms. The molecule has 14 nitrogen and oxygen atoms in total. The lowest BCUT2D eigenvalue weighted by Gasteiger charge is -2.35. The van der Waals surface area contributed by atoms with Gasteiger partial charge in [0.25, 0.3) is 23.6 Å². The number of hydrogen-bond donors (Lipinski definition) is 2. The van der Waals surface area contributed by atoms with Crippen LogP contribution < -0.4 is 29.6 Å². The van der Waals surface area contributed by atoms with Crippen LogP contribution in [0.15, 0.2) is 121 Å². The number of aryl methyl sites for hydroxylation is 4. The third kappa shape index (κ3) is 9.03. The van der Waals surface area contributed by atoms with Crippen LogP contribution >= 0.6 is 0 Å². The first-order valence-electron chi connectivity index (χ1n) is 27.3. The Morgan fingerprint density at radius 1 is 0.388 bits per heavy atom. The van der Waals surface area contributed by atoms with Crippen molar-refractivity contribution in [3.8, 4) is 46.0 Å². The number of fused-ring (bicyclic) bond motifs is 2. The molecule has 2 atom stereocenters. The summed E-state index contributed by atoms with van der Waals surface area (Å²) in [5, 5.41) is 8.42. The Bertz CT molecular complexity index is 3590. The van der Waals surface area contributed by atoms with Crippen molar-refractivity contribution in [1.82, 2.24) is 20.4 Å². The zero-order valence-corrected chi connectivity index (χ0v) is 45.9. The molecule has 6 amide bonds. The number of carbonyl (C=O) groups is 6. The molecule has 0 aromatic heterocycles. The average molecular weight is 1070 g/mol. The van der Waals surface area contributed by atoms with Crippen LogP contribution in [0.3, 0.4) is 0 Å². The molecular formula is C66H60N4O10. The second-order valence-electron chi connectivity index (χ2n) is 20.8. The lowest BCUT2D eigenvalue weighted by molar-refractivity contribution is -0.125. The molecular weight excluding hydrogens is 1010 g/mol. The molecule has 9 aromatic carbocycles. The standard InChI is InChI=1S/C66H60N4O10/c1-9-25-67-61(71)47(11-3)69-63(73)43-31-49(77-39-21-13-17-35(5)27-39)55-57-51(79-41-23-15-19-37(7)29-41)33-45-54-46(66(76)70(65(45)75)48(12-4)62(72)68-26-10-2)34-52(80-42-24-16-20-38(8)30-42)58(60(54)57)56-50(78-40-22-14-18-36(6)28-40)32-44(64(69)74)53(43)59(55)56/h13-24,27-34,47-48H,9-12,25-26H2,1-8H3,(H,67,71)(H,68,72). The van der Waals surface area contributed by atoms with E-state index in [2.05, 4.69) is 10.6 Å². The second kappa shape index (κ2) is 21.2. The first-order chi connectivity index (χ1) is 38.6. The number of imide groups is 2. The second-order valence-corrected chi connectivity index (χ2v) is 20.8. The van der Waals surface area contributed by atoms with E-state index < -0.39 is 47.5 Å². The largest absolute Gasteiger partial charge is 0.457 e. The van der Waals surface area contributed by atoms with Gasteiger partial charge in [-0.05, 0) is 148 Å². The normalized spacial score (nSPS) is 13.8. The molecule has 2 heterocycles. The van der Waals surface area contributed by atoms with Crippen LogP contribution in [0, 0.1) is 27.7 Å². The van der Waals surface area contributed by atoms with E-state index in [4.69, 9.17) is 18.9 Å². The predicted octanol–water partition coefficient (Wildman–Crippen LogP) is 13.9. The van der Waals surface area contributed by atoms with Crippen molar-refractivity contribution in [3.05, 3.63) is 166 Å². The minimum absolute atomic E-state index is 0.0791. The van der Waals surface area contributed by atoms with Gasteiger partial charge in [-0.2, -0.15) is 0 Å². The number of nitrogens with zero attached hydrogens (tertiary/aromatic N) is 2. The van der Waals surface area contributed by atoms with Gasteiger partial charge in [0.1, 0.15) is 58.1 Å². The van der Waals surface area contributed by atoms with Crippen molar-refractivity contribution >= 4 is 78.5 Å². The third-order valence-electron chi connectivity index (χ3n) is 14.9. The highest BCUT2D eigenvalue weighted by molar-refractivity contribution is 6.45. The van der Waals surface area contributed by atoms with E-state index in [1.807, 2.05) is 114 Å². The number of nitrogens with one attached hydrogen (secondary N) is 2. The molecule has 0 aliphatic carbocycles. The van der Waals surface area contributed by atoms with Crippen molar-refractivity contribution < 1.29 is 47.7 Å². The summed E-state index contributed by atoms with van der Waals surface area (Å²) in [6.07, 6.45) is 1.51. The highest BCUT2D eigenvalue weighted by Gasteiger charge is 2.45. The van der Waals surface area contributed by atoms with Gasteiger partial charge in [0, 0.05) is 56.2 Å². The zero-order chi connectivity index (χ0) is 56.3. The summed E-state index contributed by atoms with van der Waals surface area (Å²) in [5.74, 6) is -1.55. The topological polar surface area (TPSA) is 170 Å². The summed E-state index contributed by atoms with van der Waals surface area (Å²) < 4.78 is 28.3. The van der Waals surface area contributed by atoms with Gasteiger partial charge >= 0.3 is 0 Å². The van der Waals surface area contributed by atoms with Crippen LogP contribution in [-0.2, 0) is 9.59 Å². The molecule has 11 rings (SSSR count). The molecule has 0 spiro atoms. The zero-order valence-electron chi connectivity index (χ0n) is 45.9. The van der Waals surface area contributed by atoms with Crippen LogP contribution in [0.2, 0.25) is 0 Å². The minimum Gasteiger partial charge on any atom is -0.457 e. The smallest absolute Gasteiger partial charge is 0.262 e. The molecule has 0 saturated heterocycles. The van der Waals surface area contributed by atoms with Crippen LogP contribution in [-0.4, -0.2) is 70.4 Å². The molecule has 0 fully saturated rings. The van der Waals surface area contributed by atoms with Crippen molar-refractivity contribution in [2.24, 2.45) is 0 Å². The fourth-order valence-corrected chi connectivity index (χ4v) is 11.4. The van der Waals surface area contributed by atoms with Gasteiger partial charge in [0.05, 0.1) is 22.3 Å². The molecule has 0 saturated carbocycles. The SMILES string of the molecule is CCCNC(=O)C(CC)N1C(=O)c2cc(Oc3cccc(C)c3)c3c4c(Oc5cccc(C)c5)cc5c6c(cc(Oc7cccc(C)c7)c(c7c(Oc8cccc(C)c8)cc(c2c37)C1=O)c64)C(=O)N(C(CC)C(=O)NCCC)C5=O. The van der Waals surface area contributed by atoms with Crippen molar-refractivity contribution in [1.29, 1.82) is 0 Å². The Balaban J connectivity index is 1.37. The maximum Gasteiger partial charge on any atom is 0.262 e. The number of hydrogen-bond acceptors (Lipinski definition) is 10. The third-order valence-corrected chi connectivity index (χ3v) is 14.9. The van der Waals surface area contributed by atoms with E-state index in [1.165, 1.54) is 0 Å². The molecule has 14 heteroatoms. The van der Waals surface area contributed by atoms with E-state index in [0.717, 1.165) is 32.1 Å². The van der Waals surface area contributed by atoms with E-state index in [9.17, 15) is 9.59 Å². The molecule has 2 aliphatic heterocycles. The monoisotopic (exact) mass is 1070 g/mol. The van der Waals surface area contributed by atoms with Gasteiger partial charge in [-0.1, -0.05) is 76.2 Å². The highest BCUT2D eigenvalue weighted by atomic mass is 16.5. The highest BCUT2D eigenvalue weighted by Crippen LogP contribution is 2.58. The summed E-state index contributed by atoms with van der Waals surface area (Å²) >= 11 is 0. The molecule has 2 unspecified atom stereocenters. The van der Waals surface area contributed by atoms with Gasteiger partial charge in [0.2, 0.25) is 11.8 Å². The van der Waals surface area contributed by atoms with Crippen LogP contribution in [0.1, 0.15) is 117 Å². The Hall–Kier alpha value is -9.30. The van der Waals surface area contributed by atoms with E-state index in [-0.39, 0.29) is 68.9 Å². The lowest BCUT2D eigenvalue weighted by atomic mass is 9.80. The van der Waals surface area contributed by atoms with Crippen LogP contribution in [0.25, 0.3) is 43.1 Å². The summed E-state index contributed by atoms with van der Waals surface area (Å²) in [7, 11) is 0. The summed E-state index contributed by atoms with van der Waals surface area (Å²) in [6.45, 7) is 15.7. The molecule has 404 valence electrons. The summed E-state index contributed by atoms with van der Waals surface area (Å²) in [4.78, 5) is 92.6. The van der Waals surface area contributed by atoms with Gasteiger partial charge in [-0.25, -0.2) is 0 Å². The number of benzene rings is 9. The Kier molecular flexibility index (Phi) is 13.9. The molecule has 9 aromatic rings. The van der Waals surface area contributed by atoms with E-state index in [1.54, 1.807) is 62.4 Å². The van der Waals surface area contributed by atoms with Gasteiger partial charge < -0.3 is 29.6 Å². The van der Waals surface area contributed by atoms with Crippen LogP contribution in [0.5, 0.6) is 46.0 Å². The molecule has 0 radical (unpaired) electrons. The lowest BCUT2D eigenvalue weighted by Crippen LogP contribution is -2.53. The molecule has 2 N–H and O–H groups in total. The fourth-order valence-electron chi connectivity index (χ4n) is 11.4. The van der Waals surface area contributed by atoms with Crippen LogP contribution in [0.4, 0.5) is 0 Å². The Labute approximate surface area is 462 Å². The van der Waals surface area contributed by atoms with Crippen molar-refractivity contribution in [3.63, 3.8) is 0 Å². The number of carbonyl (C=O) groups excluding carboxylic acids is 6. The van der Waals surface area contributed by atoms with Gasteiger partial charge in [0.15, 0.2) is 0 Å². The summed E-state index contributed by atoms with van der Waals surface area (Å²) in [6, 6.07) is 33.7. The predicted molar refractivity (Wildman–Crippen MR) is 308 cm³/mol. The summed E-state index contributed by atoms with van der Waals surface area (Å²) in [5.41, 5.74) is 3.84. The van der Waals surface area contributed by atoms with Crippen molar-refractivity contribution in [2.45, 2.75) is 93.2 Å². The number of ether oxygens (including phenoxy) is 4. The maximum absolute atomic E-state index is 15.6. The van der Waals surface area contributed by atoms with E-state index in [0.29, 0.717) is 81.2 Å². The van der Waals surface area contributed by atoms with Gasteiger partial charge in [-0.15, -0.1) is 0 Å². The Morgan fingerprint density at radius 2 is 0.650 bits per heavy atom. The average Bonchev–Trinajstić information content (AvgIpc) is 3.49. The van der Waals surface area contributed by atoms with Crippen molar-refractivity contribution in [2.75, 3.05) is 13.1 Å². The molecule has 80 heavy (non-hydrogen) atoms. The minimum atomic E-state index is -1.18. The first-order valence-corrected chi connectivity index (χ1v) is 27.3. The Morgan fingerprint density at radius 3 is 0.875 bits per heavy atom. The quantitative estimate of drug-likeness (QED) is 0.0479. The number of amides is 6. The first kappa shape index (κ1) is 52.7. The van der Waals surface area contributed by atoms with Gasteiger partial charge in [-0.3, -0.25) is 38.6 Å². The number of rotatable bonds is 18. The molecule has 2 aliphatic rings.